The Balaban J connectivity index is 2.53. The number of likely N-dealkylation sites (N-methyl/N-ethyl adjacent to an activating group) is 1. The van der Waals surface area contributed by atoms with Crippen molar-refractivity contribution >= 4 is 17.6 Å². The van der Waals surface area contributed by atoms with Crippen molar-refractivity contribution in [2.24, 2.45) is 5.41 Å². The minimum atomic E-state index is -0.505. The predicted molar refractivity (Wildman–Crippen MR) is 79.4 cm³/mol. The second-order valence-corrected chi connectivity index (χ2v) is 5.73. The van der Waals surface area contributed by atoms with Crippen molar-refractivity contribution in [3.8, 4) is 0 Å². The van der Waals surface area contributed by atoms with E-state index in [1.165, 1.54) is 11.0 Å². The van der Waals surface area contributed by atoms with Crippen molar-refractivity contribution in [1.82, 2.24) is 0 Å². The molecule has 1 aromatic rings. The summed E-state index contributed by atoms with van der Waals surface area (Å²) in [6.45, 7) is 6.23. The summed E-state index contributed by atoms with van der Waals surface area (Å²) in [5.41, 5.74) is 0.680. The van der Waals surface area contributed by atoms with Crippen LogP contribution >= 0.6 is 0 Å². The average Bonchev–Trinajstić information content (AvgIpc) is 2.41. The van der Waals surface area contributed by atoms with Crippen molar-refractivity contribution in [3.05, 3.63) is 42.5 Å². The van der Waals surface area contributed by atoms with Gasteiger partial charge >= 0.3 is 5.97 Å². The molecule has 0 fully saturated rings. The first-order valence-electron chi connectivity index (χ1n) is 6.47. The van der Waals surface area contributed by atoms with Crippen LogP contribution in [0.2, 0.25) is 0 Å². The number of anilines is 1. The van der Waals surface area contributed by atoms with Gasteiger partial charge in [-0.2, -0.15) is 0 Å². The summed E-state index contributed by atoms with van der Waals surface area (Å²) < 4.78 is 5.05. The zero-order valence-corrected chi connectivity index (χ0v) is 12.4. The van der Waals surface area contributed by atoms with Gasteiger partial charge in [0.1, 0.15) is 0 Å². The molecule has 20 heavy (non-hydrogen) atoms. The van der Waals surface area contributed by atoms with Gasteiger partial charge in [-0.3, -0.25) is 4.79 Å². The number of carbonyl (C=O) groups excluding carboxylic acids is 2. The first-order chi connectivity index (χ1) is 9.29. The first-order valence-corrected chi connectivity index (χ1v) is 6.47. The summed E-state index contributed by atoms with van der Waals surface area (Å²) in [4.78, 5) is 24.8. The highest BCUT2D eigenvalue weighted by atomic mass is 16.5. The Bertz CT molecular complexity index is 486. The molecule has 0 atom stereocenters. The van der Waals surface area contributed by atoms with Crippen LogP contribution in [0.1, 0.15) is 20.8 Å². The fourth-order valence-corrected chi connectivity index (χ4v) is 1.37. The van der Waals surface area contributed by atoms with Gasteiger partial charge in [0, 0.05) is 24.9 Å². The zero-order chi connectivity index (χ0) is 15.2. The van der Waals surface area contributed by atoms with Crippen LogP contribution in [-0.2, 0) is 14.3 Å². The third-order valence-electron chi connectivity index (χ3n) is 2.48. The van der Waals surface area contributed by atoms with Crippen molar-refractivity contribution in [2.45, 2.75) is 20.8 Å². The van der Waals surface area contributed by atoms with Gasteiger partial charge < -0.3 is 9.64 Å². The van der Waals surface area contributed by atoms with Crippen LogP contribution < -0.4 is 4.90 Å². The number of esters is 1. The van der Waals surface area contributed by atoms with E-state index in [0.29, 0.717) is 6.61 Å². The molecule has 0 aliphatic heterocycles. The third-order valence-corrected chi connectivity index (χ3v) is 2.48. The number of nitrogens with zero attached hydrogens (tertiary/aromatic N) is 1. The van der Waals surface area contributed by atoms with Gasteiger partial charge in [0.05, 0.1) is 6.61 Å². The molecule has 0 radical (unpaired) electrons. The highest BCUT2D eigenvalue weighted by Gasteiger charge is 2.13. The molecule has 4 nitrogen and oxygen atoms in total. The number of hydrogen-bond donors (Lipinski definition) is 0. The van der Waals surface area contributed by atoms with Crippen LogP contribution in [0.3, 0.4) is 0 Å². The Morgan fingerprint density at radius 1 is 1.15 bits per heavy atom. The Labute approximate surface area is 120 Å². The Morgan fingerprint density at radius 3 is 2.30 bits per heavy atom. The maximum Gasteiger partial charge on any atom is 0.330 e. The van der Waals surface area contributed by atoms with Crippen molar-refractivity contribution in [1.29, 1.82) is 0 Å². The number of hydrogen-bond acceptors (Lipinski definition) is 3. The maximum absolute atomic E-state index is 11.9. The predicted octanol–water partition coefficient (Wildman–Crippen LogP) is 2.79. The van der Waals surface area contributed by atoms with E-state index in [-0.39, 0.29) is 11.3 Å². The molecule has 0 aliphatic carbocycles. The number of carbonyl (C=O) groups is 2. The monoisotopic (exact) mass is 275 g/mol. The minimum Gasteiger partial charge on any atom is -0.462 e. The smallest absolute Gasteiger partial charge is 0.330 e. The van der Waals surface area contributed by atoms with Crippen LogP contribution in [0.25, 0.3) is 0 Å². The standard InChI is InChI=1S/C16H21NO3/c1-16(2,3)12-20-15(19)11-10-14(18)17(4)13-8-6-5-7-9-13/h5-11H,12H2,1-4H3/b11-10+. The van der Waals surface area contributed by atoms with Gasteiger partial charge in [-0.15, -0.1) is 0 Å². The lowest BCUT2D eigenvalue weighted by atomic mass is 9.99. The second kappa shape index (κ2) is 6.89. The van der Waals surface area contributed by atoms with E-state index in [2.05, 4.69) is 0 Å². The van der Waals surface area contributed by atoms with Crippen molar-refractivity contribution < 1.29 is 14.3 Å². The second-order valence-electron chi connectivity index (χ2n) is 5.73. The lowest BCUT2D eigenvalue weighted by Crippen LogP contribution is -2.24. The van der Waals surface area contributed by atoms with E-state index in [0.717, 1.165) is 11.8 Å². The van der Waals surface area contributed by atoms with Gasteiger partial charge in [-0.25, -0.2) is 4.79 Å². The van der Waals surface area contributed by atoms with E-state index < -0.39 is 5.97 Å². The number of para-hydroxylation sites is 1. The molecule has 0 N–H and O–H groups in total. The summed E-state index contributed by atoms with van der Waals surface area (Å²) in [5.74, 6) is -0.779. The molecule has 1 aromatic carbocycles. The van der Waals surface area contributed by atoms with E-state index in [4.69, 9.17) is 4.74 Å². The Hall–Kier alpha value is -2.10. The molecule has 108 valence electrons. The van der Waals surface area contributed by atoms with Gasteiger partial charge in [0.2, 0.25) is 0 Å². The fourth-order valence-electron chi connectivity index (χ4n) is 1.37. The van der Waals surface area contributed by atoms with Crippen LogP contribution in [-0.4, -0.2) is 25.5 Å². The van der Waals surface area contributed by atoms with Crippen LogP contribution in [0.4, 0.5) is 5.69 Å². The van der Waals surface area contributed by atoms with Crippen LogP contribution in [0.15, 0.2) is 42.5 Å². The SMILES string of the molecule is CN(C(=O)/C=C/C(=O)OCC(C)(C)C)c1ccccc1. The summed E-state index contributed by atoms with van der Waals surface area (Å²) >= 11 is 0. The van der Waals surface area contributed by atoms with E-state index in [9.17, 15) is 9.59 Å². The molecule has 0 saturated heterocycles. The van der Waals surface area contributed by atoms with E-state index in [1.807, 2.05) is 51.1 Å². The third kappa shape index (κ3) is 5.69. The summed E-state index contributed by atoms with van der Waals surface area (Å²) in [6, 6.07) is 9.22. The van der Waals surface area contributed by atoms with E-state index in [1.54, 1.807) is 7.05 Å². The number of ether oxygens (including phenoxy) is 1. The summed E-state index contributed by atoms with van der Waals surface area (Å²) in [6.07, 6.45) is 2.38. The van der Waals surface area contributed by atoms with Crippen molar-refractivity contribution in [2.75, 3.05) is 18.6 Å². The maximum atomic E-state index is 11.9. The average molecular weight is 275 g/mol. The lowest BCUT2D eigenvalue weighted by Gasteiger charge is -2.17. The molecule has 0 saturated carbocycles. The Morgan fingerprint density at radius 2 is 1.75 bits per heavy atom. The van der Waals surface area contributed by atoms with Crippen LogP contribution in [0, 0.1) is 5.41 Å². The summed E-state index contributed by atoms with van der Waals surface area (Å²) in [7, 11) is 1.66. The molecule has 0 aliphatic rings. The van der Waals surface area contributed by atoms with Gasteiger partial charge in [-0.05, 0) is 17.5 Å². The molecular weight excluding hydrogens is 254 g/mol. The minimum absolute atomic E-state index is 0.0889. The number of benzene rings is 1. The largest absolute Gasteiger partial charge is 0.462 e. The van der Waals surface area contributed by atoms with Gasteiger partial charge in [-0.1, -0.05) is 39.0 Å². The first kappa shape index (κ1) is 16.0. The normalized spacial score (nSPS) is 11.4. The number of amides is 1. The topological polar surface area (TPSA) is 46.6 Å². The fraction of sp³-hybridized carbons (Fsp3) is 0.375. The molecule has 0 bridgehead atoms. The number of rotatable bonds is 4. The molecular formula is C16H21NO3. The molecule has 0 heterocycles. The quantitative estimate of drug-likeness (QED) is 0.627. The molecule has 4 heteroatoms. The van der Waals surface area contributed by atoms with Crippen molar-refractivity contribution in [3.63, 3.8) is 0 Å². The van der Waals surface area contributed by atoms with Crippen LogP contribution in [0.5, 0.6) is 0 Å². The van der Waals surface area contributed by atoms with E-state index >= 15 is 0 Å². The zero-order valence-electron chi connectivity index (χ0n) is 12.4. The highest BCUT2D eigenvalue weighted by Crippen LogP contribution is 2.13. The summed E-state index contributed by atoms with van der Waals surface area (Å²) in [5, 5.41) is 0. The molecule has 0 spiro atoms. The molecule has 0 aromatic heterocycles. The lowest BCUT2D eigenvalue weighted by molar-refractivity contribution is -0.140. The molecule has 1 rings (SSSR count). The van der Waals surface area contributed by atoms with Gasteiger partial charge in [0.25, 0.3) is 5.91 Å². The molecule has 0 unspecified atom stereocenters. The Kier molecular flexibility index (Phi) is 5.50. The highest BCUT2D eigenvalue weighted by molar-refractivity contribution is 6.03. The molecule has 1 amide bonds. The van der Waals surface area contributed by atoms with Gasteiger partial charge in [0.15, 0.2) is 0 Å².